The van der Waals surface area contributed by atoms with E-state index >= 15 is 0 Å². The van der Waals surface area contributed by atoms with Crippen molar-refractivity contribution in [3.05, 3.63) is 47.3 Å². The molecule has 2 aromatic rings. The first-order valence-electron chi connectivity index (χ1n) is 6.12. The van der Waals surface area contributed by atoms with E-state index in [-0.39, 0.29) is 4.90 Å². The van der Waals surface area contributed by atoms with Crippen LogP contribution in [0.25, 0.3) is 0 Å². The maximum Gasteiger partial charge on any atom is 0.262 e. The maximum atomic E-state index is 12.6. The summed E-state index contributed by atoms with van der Waals surface area (Å²) in [6.45, 7) is 5.27. The van der Waals surface area contributed by atoms with Crippen LogP contribution in [0, 0.1) is 20.8 Å². The van der Waals surface area contributed by atoms with Crippen molar-refractivity contribution in [1.29, 1.82) is 0 Å². The predicted molar refractivity (Wildman–Crippen MR) is 80.1 cm³/mol. The van der Waals surface area contributed by atoms with Crippen LogP contribution in [0.1, 0.15) is 16.7 Å². The molecule has 0 aliphatic rings. The molecule has 0 unspecified atom stereocenters. The molecule has 20 heavy (non-hydrogen) atoms. The van der Waals surface area contributed by atoms with Crippen molar-refractivity contribution in [3.8, 4) is 0 Å². The molecule has 1 aromatic heterocycles. The fourth-order valence-electron chi connectivity index (χ4n) is 2.02. The molecule has 0 spiro atoms. The highest BCUT2D eigenvalue weighted by Crippen LogP contribution is 2.27. The van der Waals surface area contributed by atoms with Gasteiger partial charge in [-0.15, -0.1) is 0 Å². The van der Waals surface area contributed by atoms with Crippen LogP contribution in [0.3, 0.4) is 0 Å². The number of benzene rings is 1. The van der Waals surface area contributed by atoms with E-state index in [1.807, 2.05) is 6.92 Å². The minimum absolute atomic E-state index is 0.223. The van der Waals surface area contributed by atoms with Gasteiger partial charge in [-0.3, -0.25) is 9.71 Å². The summed E-state index contributed by atoms with van der Waals surface area (Å²) in [4.78, 5) is 4.16. The summed E-state index contributed by atoms with van der Waals surface area (Å²) in [5.41, 5.74) is 8.75. The zero-order chi connectivity index (χ0) is 14.9. The minimum atomic E-state index is -3.69. The molecule has 0 bridgehead atoms. The zero-order valence-electron chi connectivity index (χ0n) is 11.6. The monoisotopic (exact) mass is 291 g/mol. The van der Waals surface area contributed by atoms with Gasteiger partial charge in [-0.25, -0.2) is 8.42 Å². The van der Waals surface area contributed by atoms with E-state index in [1.54, 1.807) is 38.2 Å². The molecule has 6 heteroatoms. The summed E-state index contributed by atoms with van der Waals surface area (Å²) in [5.74, 6) is 0. The van der Waals surface area contributed by atoms with Gasteiger partial charge in [-0.1, -0.05) is 6.07 Å². The molecule has 0 aliphatic carbocycles. The Balaban J connectivity index is 2.52. The molecule has 2 rings (SSSR count). The number of anilines is 2. The number of pyridine rings is 1. The zero-order valence-corrected chi connectivity index (χ0v) is 12.5. The van der Waals surface area contributed by atoms with Gasteiger partial charge < -0.3 is 5.73 Å². The van der Waals surface area contributed by atoms with Crippen LogP contribution in [0.5, 0.6) is 0 Å². The number of aromatic nitrogens is 1. The summed E-state index contributed by atoms with van der Waals surface area (Å²) < 4.78 is 27.7. The molecular formula is C14H17N3O2S. The lowest BCUT2D eigenvalue weighted by molar-refractivity contribution is 0.600. The molecule has 0 radical (unpaired) electrons. The Labute approximate surface area is 118 Å². The van der Waals surface area contributed by atoms with Gasteiger partial charge in [0, 0.05) is 11.9 Å². The Hall–Kier alpha value is -2.08. The highest BCUT2D eigenvalue weighted by Gasteiger charge is 2.21. The quantitative estimate of drug-likeness (QED) is 0.850. The Morgan fingerprint density at radius 3 is 2.45 bits per heavy atom. The normalized spacial score (nSPS) is 11.3. The van der Waals surface area contributed by atoms with Gasteiger partial charge in [0.25, 0.3) is 10.0 Å². The van der Waals surface area contributed by atoms with Crippen LogP contribution < -0.4 is 10.5 Å². The molecule has 0 atom stereocenters. The largest absolute Gasteiger partial charge is 0.398 e. The number of hydrogen-bond donors (Lipinski definition) is 2. The molecule has 1 aromatic carbocycles. The molecule has 106 valence electrons. The average molecular weight is 291 g/mol. The standard InChI is InChI=1S/C14H17N3O2S/c1-9-6-7-16-8-13(9)17-20(18,19)14-10(2)4-5-12(15)11(14)3/h4-8,17H,15H2,1-3H3. The number of nitrogens with one attached hydrogen (secondary N) is 1. The third-order valence-electron chi connectivity index (χ3n) is 3.20. The van der Waals surface area contributed by atoms with Gasteiger partial charge in [0.1, 0.15) is 0 Å². The first-order valence-corrected chi connectivity index (χ1v) is 7.60. The lowest BCUT2D eigenvalue weighted by atomic mass is 10.1. The third kappa shape index (κ3) is 2.60. The SMILES string of the molecule is Cc1ccncc1NS(=O)(=O)c1c(C)ccc(N)c1C. The molecule has 3 N–H and O–H groups in total. The van der Waals surface area contributed by atoms with Gasteiger partial charge in [-0.05, 0) is 49.6 Å². The number of hydrogen-bond acceptors (Lipinski definition) is 4. The molecule has 0 saturated carbocycles. The molecule has 0 aliphatic heterocycles. The molecule has 0 saturated heterocycles. The maximum absolute atomic E-state index is 12.6. The topological polar surface area (TPSA) is 85.1 Å². The summed E-state index contributed by atoms with van der Waals surface area (Å²) >= 11 is 0. The molecule has 1 heterocycles. The van der Waals surface area contributed by atoms with Crippen molar-refractivity contribution < 1.29 is 8.42 Å². The average Bonchev–Trinajstić information content (AvgIpc) is 2.37. The summed E-state index contributed by atoms with van der Waals surface area (Å²) in [6.07, 6.45) is 3.11. The van der Waals surface area contributed by atoms with Crippen molar-refractivity contribution in [3.63, 3.8) is 0 Å². The molecule has 0 amide bonds. The molecule has 5 nitrogen and oxygen atoms in total. The van der Waals surface area contributed by atoms with Crippen LogP contribution in [-0.4, -0.2) is 13.4 Å². The van der Waals surface area contributed by atoms with Crippen molar-refractivity contribution in [1.82, 2.24) is 4.98 Å². The second-order valence-corrected chi connectivity index (χ2v) is 6.34. The second-order valence-electron chi connectivity index (χ2n) is 4.72. The number of nitrogens with two attached hydrogens (primary N) is 1. The fraction of sp³-hybridized carbons (Fsp3) is 0.214. The van der Waals surface area contributed by atoms with E-state index in [0.29, 0.717) is 22.5 Å². The fourth-order valence-corrected chi connectivity index (χ4v) is 3.64. The lowest BCUT2D eigenvalue weighted by Gasteiger charge is -2.15. The summed E-state index contributed by atoms with van der Waals surface area (Å²) in [7, 11) is -3.69. The van der Waals surface area contributed by atoms with Gasteiger partial charge >= 0.3 is 0 Å². The molecule has 0 fully saturated rings. The Kier molecular flexibility index (Phi) is 3.67. The van der Waals surface area contributed by atoms with Gasteiger partial charge in [0.05, 0.1) is 16.8 Å². The highest BCUT2D eigenvalue weighted by molar-refractivity contribution is 7.92. The summed E-state index contributed by atoms with van der Waals surface area (Å²) in [6, 6.07) is 5.16. The number of nitrogen functional groups attached to an aromatic ring is 1. The van der Waals surface area contributed by atoms with E-state index in [4.69, 9.17) is 5.73 Å². The number of sulfonamides is 1. The van der Waals surface area contributed by atoms with Crippen molar-refractivity contribution in [2.24, 2.45) is 0 Å². The Bertz CT molecular complexity index is 755. The third-order valence-corrected chi connectivity index (χ3v) is 4.85. The van der Waals surface area contributed by atoms with Crippen molar-refractivity contribution in [2.75, 3.05) is 10.5 Å². The van der Waals surface area contributed by atoms with Crippen LogP contribution in [0.2, 0.25) is 0 Å². The summed E-state index contributed by atoms with van der Waals surface area (Å²) in [5, 5.41) is 0. The Morgan fingerprint density at radius 2 is 1.80 bits per heavy atom. The predicted octanol–water partition coefficient (Wildman–Crippen LogP) is 2.39. The lowest BCUT2D eigenvalue weighted by Crippen LogP contribution is -2.17. The van der Waals surface area contributed by atoms with Gasteiger partial charge in [0.15, 0.2) is 0 Å². The van der Waals surface area contributed by atoms with Crippen LogP contribution in [0.15, 0.2) is 35.5 Å². The first kappa shape index (κ1) is 14.3. The van der Waals surface area contributed by atoms with Crippen LogP contribution in [0.4, 0.5) is 11.4 Å². The van der Waals surface area contributed by atoms with Gasteiger partial charge in [-0.2, -0.15) is 0 Å². The molecular weight excluding hydrogens is 274 g/mol. The van der Waals surface area contributed by atoms with E-state index in [0.717, 1.165) is 5.56 Å². The van der Waals surface area contributed by atoms with E-state index in [2.05, 4.69) is 9.71 Å². The highest BCUT2D eigenvalue weighted by atomic mass is 32.2. The van der Waals surface area contributed by atoms with E-state index in [1.165, 1.54) is 6.20 Å². The smallest absolute Gasteiger partial charge is 0.262 e. The van der Waals surface area contributed by atoms with Crippen molar-refractivity contribution in [2.45, 2.75) is 25.7 Å². The second kappa shape index (κ2) is 5.13. The first-order chi connectivity index (χ1) is 9.33. The van der Waals surface area contributed by atoms with Crippen molar-refractivity contribution >= 4 is 21.4 Å². The number of nitrogens with zero attached hydrogens (tertiary/aromatic N) is 1. The minimum Gasteiger partial charge on any atom is -0.398 e. The van der Waals surface area contributed by atoms with Crippen LogP contribution >= 0.6 is 0 Å². The van der Waals surface area contributed by atoms with Crippen LogP contribution in [-0.2, 0) is 10.0 Å². The van der Waals surface area contributed by atoms with E-state index in [9.17, 15) is 8.42 Å². The van der Waals surface area contributed by atoms with Gasteiger partial charge in [0.2, 0.25) is 0 Å². The number of aryl methyl sites for hydroxylation is 2. The Morgan fingerprint density at radius 1 is 1.10 bits per heavy atom. The van der Waals surface area contributed by atoms with E-state index < -0.39 is 10.0 Å². The number of rotatable bonds is 3.